The molecule has 0 aromatic heterocycles. The second kappa shape index (κ2) is 5.15. The zero-order chi connectivity index (χ0) is 16.1. The first kappa shape index (κ1) is 15.1. The summed E-state index contributed by atoms with van der Waals surface area (Å²) >= 11 is 0. The second-order valence-electron chi connectivity index (χ2n) is 7.35. The lowest BCUT2D eigenvalue weighted by atomic mass is 10.1. The highest BCUT2D eigenvalue weighted by Gasteiger charge is 2.61. The van der Waals surface area contributed by atoms with Gasteiger partial charge in [0, 0.05) is 5.56 Å². The van der Waals surface area contributed by atoms with Crippen molar-refractivity contribution in [3.8, 4) is 5.75 Å². The third-order valence-corrected chi connectivity index (χ3v) is 4.84. The summed E-state index contributed by atoms with van der Waals surface area (Å²) in [6.07, 6.45) is 1.92. The van der Waals surface area contributed by atoms with E-state index in [0.717, 1.165) is 16.9 Å². The fourth-order valence-electron chi connectivity index (χ4n) is 3.42. The number of hydrogen-bond donors (Lipinski definition) is 0. The summed E-state index contributed by atoms with van der Waals surface area (Å²) in [5, 5.41) is 0. The molecule has 3 rings (SSSR count). The minimum absolute atomic E-state index is 0.0107. The Morgan fingerprint density at radius 2 is 2.09 bits per heavy atom. The molecule has 3 unspecified atom stereocenters. The number of ether oxygens (including phenoxy) is 2. The van der Waals surface area contributed by atoms with Gasteiger partial charge in [-0.05, 0) is 44.2 Å². The molecule has 0 bridgehead atoms. The van der Waals surface area contributed by atoms with E-state index in [1.54, 1.807) is 0 Å². The second-order valence-corrected chi connectivity index (χ2v) is 7.35. The molecular formula is C19H24O3. The first-order valence-corrected chi connectivity index (χ1v) is 7.89. The molecule has 1 saturated carbocycles. The number of carbonyl (C=O) groups is 1. The van der Waals surface area contributed by atoms with Crippen LogP contribution in [0.25, 0.3) is 0 Å². The smallest absolute Gasteiger partial charge is 0.310 e. The van der Waals surface area contributed by atoms with Crippen LogP contribution in [0.1, 0.15) is 44.9 Å². The van der Waals surface area contributed by atoms with E-state index in [-0.39, 0.29) is 29.3 Å². The fraction of sp³-hybridized carbons (Fsp3) is 0.526. The predicted molar refractivity (Wildman–Crippen MR) is 85.7 cm³/mol. The largest absolute Gasteiger partial charge is 0.489 e. The Balaban J connectivity index is 1.72. The molecule has 3 nitrogen and oxygen atoms in total. The van der Waals surface area contributed by atoms with Crippen LogP contribution in [-0.2, 0) is 9.53 Å². The molecule has 1 aromatic carbocycles. The molecule has 0 spiro atoms. The molecule has 1 fully saturated rings. The van der Waals surface area contributed by atoms with E-state index in [2.05, 4.69) is 33.8 Å². The van der Waals surface area contributed by atoms with E-state index >= 15 is 0 Å². The fourth-order valence-corrected chi connectivity index (χ4v) is 3.42. The Morgan fingerprint density at radius 3 is 2.77 bits per heavy atom. The average Bonchev–Trinajstić information content (AvgIpc) is 2.77. The quantitative estimate of drug-likeness (QED) is 0.619. The van der Waals surface area contributed by atoms with Gasteiger partial charge in [-0.15, -0.1) is 0 Å². The van der Waals surface area contributed by atoms with E-state index in [1.165, 1.54) is 5.57 Å². The molecule has 1 heterocycles. The van der Waals surface area contributed by atoms with Crippen molar-refractivity contribution < 1.29 is 14.3 Å². The van der Waals surface area contributed by atoms with Gasteiger partial charge in [-0.1, -0.05) is 37.1 Å². The zero-order valence-electron chi connectivity index (χ0n) is 14.0. The summed E-state index contributed by atoms with van der Waals surface area (Å²) in [6.45, 7) is 10.9. The van der Waals surface area contributed by atoms with E-state index in [4.69, 9.17) is 9.47 Å². The van der Waals surface area contributed by atoms with Crippen LogP contribution in [-0.4, -0.2) is 12.6 Å². The van der Waals surface area contributed by atoms with Gasteiger partial charge in [-0.25, -0.2) is 0 Å². The zero-order valence-corrected chi connectivity index (χ0v) is 14.0. The van der Waals surface area contributed by atoms with Crippen LogP contribution >= 0.6 is 0 Å². The first-order valence-electron chi connectivity index (χ1n) is 7.89. The lowest BCUT2D eigenvalue weighted by Gasteiger charge is -2.12. The van der Waals surface area contributed by atoms with Crippen LogP contribution in [0.3, 0.4) is 0 Å². The van der Waals surface area contributed by atoms with Gasteiger partial charge in [0.15, 0.2) is 6.10 Å². The van der Waals surface area contributed by atoms with E-state index < -0.39 is 0 Å². The number of fused-ring (bicyclic) bond motifs is 1. The maximum atomic E-state index is 12.6. The minimum Gasteiger partial charge on any atom is -0.489 e. The molecule has 1 aliphatic carbocycles. The summed E-state index contributed by atoms with van der Waals surface area (Å²) in [7, 11) is 0. The van der Waals surface area contributed by atoms with Crippen molar-refractivity contribution in [2.75, 3.05) is 6.61 Å². The molecule has 3 atom stereocenters. The highest BCUT2D eigenvalue weighted by molar-refractivity contribution is 5.78. The standard InChI is InChI=1S/C19H24O3/c1-11(2)8-14-17(19(14,4)5)18(20)22-16-10-21-15-7-6-12(3)9-13(15)16/h6-9,14,16-17H,10H2,1-5H3. The molecule has 0 radical (unpaired) electrons. The van der Waals surface area contributed by atoms with Crippen LogP contribution in [0.5, 0.6) is 5.75 Å². The lowest BCUT2D eigenvalue weighted by molar-refractivity contribution is -0.152. The molecule has 1 aliphatic heterocycles. The van der Waals surface area contributed by atoms with Gasteiger partial charge in [0.05, 0.1) is 5.92 Å². The SMILES string of the molecule is CC(C)=CC1C(C(=O)OC2COc3ccc(C)cc32)C1(C)C. The van der Waals surface area contributed by atoms with Crippen molar-refractivity contribution in [1.82, 2.24) is 0 Å². The number of aryl methyl sites for hydroxylation is 1. The van der Waals surface area contributed by atoms with Gasteiger partial charge in [0.1, 0.15) is 12.4 Å². The van der Waals surface area contributed by atoms with Crippen molar-refractivity contribution in [2.45, 2.75) is 40.7 Å². The van der Waals surface area contributed by atoms with Crippen molar-refractivity contribution in [2.24, 2.45) is 17.3 Å². The Morgan fingerprint density at radius 1 is 1.36 bits per heavy atom. The van der Waals surface area contributed by atoms with Crippen LogP contribution in [0.2, 0.25) is 0 Å². The van der Waals surface area contributed by atoms with Crippen LogP contribution < -0.4 is 4.74 Å². The van der Waals surface area contributed by atoms with Gasteiger partial charge in [-0.3, -0.25) is 4.79 Å². The topological polar surface area (TPSA) is 35.5 Å². The van der Waals surface area contributed by atoms with E-state index in [0.29, 0.717) is 6.61 Å². The lowest BCUT2D eigenvalue weighted by Crippen LogP contribution is -2.16. The number of hydrogen-bond acceptors (Lipinski definition) is 3. The van der Waals surface area contributed by atoms with E-state index in [1.807, 2.05) is 25.1 Å². The highest BCUT2D eigenvalue weighted by atomic mass is 16.6. The van der Waals surface area contributed by atoms with Crippen molar-refractivity contribution in [3.05, 3.63) is 41.0 Å². The molecule has 22 heavy (non-hydrogen) atoms. The maximum absolute atomic E-state index is 12.6. The Labute approximate surface area is 132 Å². The monoisotopic (exact) mass is 300 g/mol. The van der Waals surface area contributed by atoms with Crippen LogP contribution in [0.15, 0.2) is 29.8 Å². The molecular weight excluding hydrogens is 276 g/mol. The summed E-state index contributed by atoms with van der Waals surface area (Å²) < 4.78 is 11.4. The van der Waals surface area contributed by atoms with Gasteiger partial charge in [0.25, 0.3) is 0 Å². The minimum atomic E-state index is -0.272. The van der Waals surface area contributed by atoms with Gasteiger partial charge < -0.3 is 9.47 Å². The summed E-state index contributed by atoms with van der Waals surface area (Å²) in [6, 6.07) is 6.01. The Bertz CT molecular complexity index is 638. The summed E-state index contributed by atoms with van der Waals surface area (Å²) in [5.74, 6) is 0.968. The first-order chi connectivity index (χ1) is 10.3. The normalized spacial score (nSPS) is 27.6. The van der Waals surface area contributed by atoms with Crippen LogP contribution in [0.4, 0.5) is 0 Å². The number of rotatable bonds is 3. The van der Waals surface area contributed by atoms with Gasteiger partial charge in [-0.2, -0.15) is 0 Å². The number of benzene rings is 1. The summed E-state index contributed by atoms with van der Waals surface area (Å²) in [4.78, 5) is 12.6. The number of carbonyl (C=O) groups excluding carboxylic acids is 1. The third kappa shape index (κ3) is 2.53. The molecule has 3 heteroatoms. The molecule has 118 valence electrons. The number of allylic oxidation sites excluding steroid dienone is 2. The van der Waals surface area contributed by atoms with E-state index in [9.17, 15) is 4.79 Å². The molecule has 1 aromatic rings. The molecule has 2 aliphatic rings. The van der Waals surface area contributed by atoms with Gasteiger partial charge >= 0.3 is 5.97 Å². The Kier molecular flexibility index (Phi) is 3.54. The maximum Gasteiger partial charge on any atom is 0.310 e. The highest BCUT2D eigenvalue weighted by Crippen LogP contribution is 2.60. The van der Waals surface area contributed by atoms with Crippen molar-refractivity contribution in [1.29, 1.82) is 0 Å². The number of esters is 1. The third-order valence-electron chi connectivity index (χ3n) is 4.84. The molecule has 0 amide bonds. The molecule has 0 saturated heterocycles. The average molecular weight is 300 g/mol. The predicted octanol–water partition coefficient (Wildman–Crippen LogP) is 4.21. The van der Waals surface area contributed by atoms with Crippen molar-refractivity contribution >= 4 is 5.97 Å². The molecule has 0 N–H and O–H groups in total. The Hall–Kier alpha value is -1.77. The van der Waals surface area contributed by atoms with Crippen molar-refractivity contribution in [3.63, 3.8) is 0 Å². The van der Waals surface area contributed by atoms with Crippen LogP contribution in [0, 0.1) is 24.2 Å². The van der Waals surface area contributed by atoms with Gasteiger partial charge in [0.2, 0.25) is 0 Å². The summed E-state index contributed by atoms with van der Waals surface area (Å²) in [5.41, 5.74) is 3.38.